The molecule has 0 N–H and O–H groups in total. The van der Waals surface area contributed by atoms with Crippen molar-refractivity contribution < 1.29 is 28.5 Å². The molecule has 0 amide bonds. The zero-order valence-corrected chi connectivity index (χ0v) is 20.2. The second-order valence-corrected chi connectivity index (χ2v) is 7.46. The Bertz CT molecular complexity index is 1350. The van der Waals surface area contributed by atoms with E-state index in [0.29, 0.717) is 50.7 Å². The lowest BCUT2D eigenvalue weighted by atomic mass is 9.93. The predicted molar refractivity (Wildman–Crippen MR) is 128 cm³/mol. The minimum Gasteiger partial charge on any atom is -0.493 e. The standard InChI is InChI=1S/C25H26N4O6/c1-6-35-25(30)24-18(12-29-13-26-27-14-29)28-17-11-22(34-5)21(33-4)10-16(17)23(24)15-7-8-19(31-2)20(9-15)32-3/h7-11,13-14H,6,12H2,1-5H3. The summed E-state index contributed by atoms with van der Waals surface area (Å²) in [4.78, 5) is 18.2. The van der Waals surface area contributed by atoms with E-state index in [1.165, 1.54) is 0 Å². The number of ether oxygens (including phenoxy) is 5. The van der Waals surface area contributed by atoms with E-state index in [4.69, 9.17) is 28.7 Å². The molecular weight excluding hydrogens is 452 g/mol. The first-order valence-corrected chi connectivity index (χ1v) is 10.8. The van der Waals surface area contributed by atoms with E-state index in [0.717, 1.165) is 5.56 Å². The van der Waals surface area contributed by atoms with Crippen LogP contribution in [0.4, 0.5) is 0 Å². The van der Waals surface area contributed by atoms with Crippen LogP contribution in [-0.2, 0) is 11.3 Å². The molecule has 4 rings (SSSR count). The lowest BCUT2D eigenvalue weighted by molar-refractivity contribution is 0.0525. The summed E-state index contributed by atoms with van der Waals surface area (Å²) in [5.74, 6) is 1.61. The van der Waals surface area contributed by atoms with E-state index in [-0.39, 0.29) is 13.2 Å². The van der Waals surface area contributed by atoms with Crippen LogP contribution >= 0.6 is 0 Å². The number of esters is 1. The number of methoxy groups -OCH3 is 4. The zero-order chi connectivity index (χ0) is 24.9. The molecule has 2 aromatic carbocycles. The van der Waals surface area contributed by atoms with Crippen molar-refractivity contribution in [2.45, 2.75) is 13.5 Å². The van der Waals surface area contributed by atoms with Crippen LogP contribution < -0.4 is 18.9 Å². The molecule has 182 valence electrons. The third-order valence-corrected chi connectivity index (χ3v) is 5.52. The molecule has 0 saturated carbocycles. The number of fused-ring (bicyclic) bond motifs is 1. The van der Waals surface area contributed by atoms with Gasteiger partial charge in [0.1, 0.15) is 12.7 Å². The third-order valence-electron chi connectivity index (χ3n) is 5.52. The van der Waals surface area contributed by atoms with Crippen LogP contribution in [0.5, 0.6) is 23.0 Å². The quantitative estimate of drug-likeness (QED) is 0.332. The van der Waals surface area contributed by atoms with E-state index < -0.39 is 5.97 Å². The van der Waals surface area contributed by atoms with Crippen molar-refractivity contribution in [3.8, 4) is 34.1 Å². The molecular formula is C25H26N4O6. The summed E-state index contributed by atoms with van der Waals surface area (Å²) in [6.07, 6.45) is 3.12. The lowest BCUT2D eigenvalue weighted by Gasteiger charge is -2.19. The Balaban J connectivity index is 2.11. The van der Waals surface area contributed by atoms with Crippen LogP contribution in [0.1, 0.15) is 23.0 Å². The molecule has 0 aliphatic carbocycles. The fraction of sp³-hybridized carbons (Fsp3) is 0.280. The number of hydrogen-bond donors (Lipinski definition) is 0. The molecule has 0 radical (unpaired) electrons. The predicted octanol–water partition coefficient (Wildman–Crippen LogP) is 3.75. The van der Waals surface area contributed by atoms with Gasteiger partial charge in [0.05, 0.1) is 58.4 Å². The molecule has 35 heavy (non-hydrogen) atoms. The number of aromatic nitrogens is 4. The lowest BCUT2D eigenvalue weighted by Crippen LogP contribution is -2.14. The molecule has 0 bridgehead atoms. The molecule has 2 heterocycles. The van der Waals surface area contributed by atoms with Crippen LogP contribution in [0.25, 0.3) is 22.0 Å². The number of carbonyl (C=O) groups excluding carboxylic acids is 1. The summed E-state index contributed by atoms with van der Waals surface area (Å²) in [6.45, 7) is 2.22. The molecule has 4 aromatic rings. The van der Waals surface area contributed by atoms with Crippen molar-refractivity contribution in [2.24, 2.45) is 0 Å². The Hall–Kier alpha value is -4.34. The van der Waals surface area contributed by atoms with E-state index in [1.54, 1.807) is 70.8 Å². The first kappa shape index (κ1) is 23.8. The highest BCUT2D eigenvalue weighted by Crippen LogP contribution is 2.41. The topological polar surface area (TPSA) is 107 Å². The first-order chi connectivity index (χ1) is 17.0. The summed E-state index contributed by atoms with van der Waals surface area (Å²) in [5.41, 5.74) is 2.78. The monoisotopic (exact) mass is 478 g/mol. The summed E-state index contributed by atoms with van der Waals surface area (Å²) in [6, 6.07) is 9.05. The van der Waals surface area contributed by atoms with Crippen molar-refractivity contribution in [2.75, 3.05) is 35.0 Å². The number of rotatable bonds is 9. The van der Waals surface area contributed by atoms with Crippen LogP contribution in [0.3, 0.4) is 0 Å². The van der Waals surface area contributed by atoms with Crippen LogP contribution in [-0.4, -0.2) is 60.8 Å². The Morgan fingerprint density at radius 1 is 0.857 bits per heavy atom. The summed E-state index contributed by atoms with van der Waals surface area (Å²) in [7, 11) is 6.24. The number of benzene rings is 2. The van der Waals surface area contributed by atoms with E-state index in [1.807, 2.05) is 12.1 Å². The van der Waals surface area contributed by atoms with Gasteiger partial charge >= 0.3 is 5.97 Å². The second kappa shape index (κ2) is 10.3. The minimum atomic E-state index is -0.496. The van der Waals surface area contributed by atoms with Crippen LogP contribution in [0, 0.1) is 0 Å². The number of nitrogens with zero attached hydrogens (tertiary/aromatic N) is 4. The average molecular weight is 479 g/mol. The van der Waals surface area contributed by atoms with Crippen molar-refractivity contribution in [3.63, 3.8) is 0 Å². The van der Waals surface area contributed by atoms with E-state index in [9.17, 15) is 4.79 Å². The van der Waals surface area contributed by atoms with Crippen molar-refractivity contribution in [3.05, 3.63) is 54.2 Å². The normalized spacial score (nSPS) is 10.8. The smallest absolute Gasteiger partial charge is 0.340 e. The van der Waals surface area contributed by atoms with Crippen molar-refractivity contribution >= 4 is 16.9 Å². The first-order valence-electron chi connectivity index (χ1n) is 10.8. The molecule has 10 nitrogen and oxygen atoms in total. The summed E-state index contributed by atoms with van der Waals surface area (Å²) < 4.78 is 29.2. The Kier molecular flexibility index (Phi) is 7.00. The van der Waals surface area contributed by atoms with Gasteiger partial charge in [-0.05, 0) is 30.7 Å². The fourth-order valence-corrected chi connectivity index (χ4v) is 3.95. The van der Waals surface area contributed by atoms with Gasteiger partial charge in [-0.3, -0.25) is 0 Å². The molecule has 2 aromatic heterocycles. The average Bonchev–Trinajstić information content (AvgIpc) is 3.39. The van der Waals surface area contributed by atoms with Gasteiger partial charge in [-0.25, -0.2) is 9.78 Å². The Morgan fingerprint density at radius 2 is 1.49 bits per heavy atom. The minimum absolute atomic E-state index is 0.209. The Labute approximate surface area is 202 Å². The van der Waals surface area contributed by atoms with Gasteiger partial charge in [-0.15, -0.1) is 10.2 Å². The molecule has 0 saturated heterocycles. The highest BCUT2D eigenvalue weighted by atomic mass is 16.5. The number of pyridine rings is 1. The van der Waals surface area contributed by atoms with Gasteiger partial charge in [-0.2, -0.15) is 0 Å². The SMILES string of the molecule is CCOC(=O)c1c(Cn2cnnc2)nc2cc(OC)c(OC)cc2c1-c1ccc(OC)c(OC)c1. The van der Waals surface area contributed by atoms with Crippen molar-refractivity contribution in [1.29, 1.82) is 0 Å². The van der Waals surface area contributed by atoms with Gasteiger partial charge in [0.25, 0.3) is 0 Å². The van der Waals surface area contributed by atoms with Gasteiger partial charge in [-0.1, -0.05) is 6.07 Å². The molecule has 0 atom stereocenters. The molecule has 0 aliphatic rings. The molecule has 0 unspecified atom stereocenters. The highest BCUT2D eigenvalue weighted by Gasteiger charge is 2.26. The molecule has 0 fully saturated rings. The number of hydrogen-bond acceptors (Lipinski definition) is 9. The molecule has 0 aliphatic heterocycles. The maximum atomic E-state index is 13.4. The Morgan fingerprint density at radius 3 is 2.11 bits per heavy atom. The van der Waals surface area contributed by atoms with Gasteiger partial charge in [0.15, 0.2) is 23.0 Å². The molecule has 0 spiro atoms. The largest absolute Gasteiger partial charge is 0.493 e. The van der Waals surface area contributed by atoms with E-state index >= 15 is 0 Å². The van der Waals surface area contributed by atoms with Crippen molar-refractivity contribution in [1.82, 2.24) is 19.7 Å². The van der Waals surface area contributed by atoms with Crippen LogP contribution in [0.15, 0.2) is 43.0 Å². The van der Waals surface area contributed by atoms with Crippen LogP contribution in [0.2, 0.25) is 0 Å². The fourth-order valence-electron chi connectivity index (χ4n) is 3.95. The number of carbonyl (C=O) groups is 1. The maximum Gasteiger partial charge on any atom is 0.340 e. The maximum absolute atomic E-state index is 13.4. The van der Waals surface area contributed by atoms with Gasteiger partial charge in [0.2, 0.25) is 0 Å². The highest BCUT2D eigenvalue weighted by molar-refractivity contribution is 6.08. The third kappa shape index (κ3) is 4.54. The zero-order valence-electron chi connectivity index (χ0n) is 20.2. The summed E-state index contributed by atoms with van der Waals surface area (Å²) in [5, 5.41) is 8.42. The van der Waals surface area contributed by atoms with E-state index in [2.05, 4.69) is 10.2 Å². The second-order valence-electron chi connectivity index (χ2n) is 7.46. The summed E-state index contributed by atoms with van der Waals surface area (Å²) >= 11 is 0. The van der Waals surface area contributed by atoms with Gasteiger partial charge in [0, 0.05) is 17.0 Å². The molecule has 10 heteroatoms. The van der Waals surface area contributed by atoms with Gasteiger partial charge < -0.3 is 28.3 Å².